The summed E-state index contributed by atoms with van der Waals surface area (Å²) in [6.45, 7) is 0.624. The predicted octanol–water partition coefficient (Wildman–Crippen LogP) is 3.78. The van der Waals surface area contributed by atoms with Crippen LogP contribution in [-0.4, -0.2) is 38.6 Å². The molecular formula is C20H19ClFN5O3S. The number of nitrogens with zero attached hydrogens (tertiary/aromatic N) is 2. The standard InChI is InChI=1S/C20H19ClFN5O3S/c1-30-18-9-14(17(22)10-16(18)21)15-11-24-20-26-12-4-2-5-13(8-12)31(28,29)25-7-3-6-23-19(15)27-20/h2,4-5,8-11,25H,3,6-7H2,1H3,(H2,23,24,26,27). The van der Waals surface area contributed by atoms with Gasteiger partial charge in [-0.2, -0.15) is 4.98 Å². The van der Waals surface area contributed by atoms with Crippen molar-refractivity contribution in [3.05, 3.63) is 53.4 Å². The molecule has 0 saturated heterocycles. The van der Waals surface area contributed by atoms with Gasteiger partial charge in [0, 0.05) is 36.1 Å². The Morgan fingerprint density at radius 3 is 2.81 bits per heavy atom. The molecule has 0 radical (unpaired) electrons. The molecule has 2 aromatic carbocycles. The SMILES string of the molecule is COc1cc(-c2cnc3nc2NCCCNS(=O)(=O)c2cccc(c2)N3)c(F)cc1Cl. The van der Waals surface area contributed by atoms with Gasteiger partial charge in [-0.1, -0.05) is 17.7 Å². The van der Waals surface area contributed by atoms with Crippen molar-refractivity contribution in [1.29, 1.82) is 0 Å². The van der Waals surface area contributed by atoms with Crippen LogP contribution in [0.5, 0.6) is 5.75 Å². The summed E-state index contributed by atoms with van der Waals surface area (Å²) in [5, 5.41) is 6.28. The van der Waals surface area contributed by atoms with Gasteiger partial charge >= 0.3 is 0 Å². The smallest absolute Gasteiger partial charge is 0.240 e. The third-order valence-electron chi connectivity index (χ3n) is 4.66. The van der Waals surface area contributed by atoms with Crippen LogP contribution in [0.3, 0.4) is 0 Å². The van der Waals surface area contributed by atoms with Gasteiger partial charge < -0.3 is 15.4 Å². The zero-order valence-corrected chi connectivity index (χ0v) is 18.0. The van der Waals surface area contributed by atoms with Crippen LogP contribution in [0.15, 0.2) is 47.5 Å². The minimum absolute atomic E-state index is 0.136. The Bertz CT molecular complexity index is 1240. The Labute approximate surface area is 183 Å². The first-order chi connectivity index (χ1) is 14.9. The van der Waals surface area contributed by atoms with Crippen LogP contribution in [0.2, 0.25) is 5.02 Å². The molecule has 3 aromatic rings. The molecule has 0 atom stereocenters. The van der Waals surface area contributed by atoms with Crippen molar-refractivity contribution in [1.82, 2.24) is 14.7 Å². The lowest BCUT2D eigenvalue weighted by Gasteiger charge is -2.14. The van der Waals surface area contributed by atoms with Crippen LogP contribution in [0, 0.1) is 5.82 Å². The van der Waals surface area contributed by atoms with Gasteiger partial charge in [0.25, 0.3) is 0 Å². The average molecular weight is 464 g/mol. The van der Waals surface area contributed by atoms with Crippen molar-refractivity contribution in [2.45, 2.75) is 11.3 Å². The number of hydrogen-bond donors (Lipinski definition) is 3. The van der Waals surface area contributed by atoms with Crippen LogP contribution < -0.4 is 20.1 Å². The van der Waals surface area contributed by atoms with Crippen molar-refractivity contribution in [2.24, 2.45) is 0 Å². The van der Waals surface area contributed by atoms with Gasteiger partial charge in [-0.15, -0.1) is 0 Å². The molecule has 1 aliphatic heterocycles. The number of ether oxygens (including phenoxy) is 1. The molecule has 8 nitrogen and oxygen atoms in total. The topological polar surface area (TPSA) is 105 Å². The molecular weight excluding hydrogens is 445 g/mol. The largest absolute Gasteiger partial charge is 0.495 e. The highest BCUT2D eigenvalue weighted by Gasteiger charge is 2.18. The number of benzene rings is 2. The zero-order chi connectivity index (χ0) is 22.0. The van der Waals surface area contributed by atoms with Gasteiger partial charge in [-0.25, -0.2) is 22.5 Å². The second kappa shape index (κ2) is 8.66. The van der Waals surface area contributed by atoms with E-state index in [1.54, 1.807) is 12.1 Å². The summed E-state index contributed by atoms with van der Waals surface area (Å²) < 4.78 is 47.4. The van der Waals surface area contributed by atoms with E-state index in [1.807, 2.05) is 0 Å². The third-order valence-corrected chi connectivity index (χ3v) is 6.41. The summed E-state index contributed by atoms with van der Waals surface area (Å²) in [4.78, 5) is 8.89. The lowest BCUT2D eigenvalue weighted by Crippen LogP contribution is -2.26. The van der Waals surface area contributed by atoms with Crippen molar-refractivity contribution in [2.75, 3.05) is 30.8 Å². The molecule has 0 unspecified atom stereocenters. The second-order valence-corrected chi connectivity index (χ2v) is 8.93. The molecule has 1 aromatic heterocycles. The molecule has 4 rings (SSSR count). The quantitative estimate of drug-likeness (QED) is 0.531. The van der Waals surface area contributed by atoms with Gasteiger partial charge in [-0.05, 0) is 36.8 Å². The van der Waals surface area contributed by atoms with Gasteiger partial charge in [-0.3, -0.25) is 0 Å². The molecule has 3 N–H and O–H groups in total. The van der Waals surface area contributed by atoms with Gasteiger partial charge in [0.05, 0.1) is 17.0 Å². The maximum atomic E-state index is 14.7. The number of fused-ring (bicyclic) bond motifs is 4. The highest BCUT2D eigenvalue weighted by Crippen LogP contribution is 2.36. The first-order valence-corrected chi connectivity index (χ1v) is 11.2. The van der Waals surface area contributed by atoms with E-state index in [-0.39, 0.29) is 28.0 Å². The average Bonchev–Trinajstić information content (AvgIpc) is 2.74. The van der Waals surface area contributed by atoms with E-state index in [0.717, 1.165) is 0 Å². The molecule has 0 saturated carbocycles. The lowest BCUT2D eigenvalue weighted by molar-refractivity contribution is 0.414. The molecule has 2 heterocycles. The second-order valence-electron chi connectivity index (χ2n) is 6.75. The van der Waals surface area contributed by atoms with E-state index in [0.29, 0.717) is 35.8 Å². The first-order valence-electron chi connectivity index (χ1n) is 9.38. The minimum atomic E-state index is -3.64. The Kier molecular flexibility index (Phi) is 5.94. The highest BCUT2D eigenvalue weighted by molar-refractivity contribution is 7.89. The summed E-state index contributed by atoms with van der Waals surface area (Å²) in [6, 6.07) is 8.99. The molecule has 31 heavy (non-hydrogen) atoms. The number of rotatable bonds is 2. The van der Waals surface area contributed by atoms with E-state index in [1.165, 1.54) is 37.6 Å². The fourth-order valence-corrected chi connectivity index (χ4v) is 4.47. The van der Waals surface area contributed by atoms with E-state index >= 15 is 0 Å². The number of sulfonamides is 1. The number of methoxy groups -OCH3 is 1. The van der Waals surface area contributed by atoms with Crippen LogP contribution in [0.25, 0.3) is 11.1 Å². The van der Waals surface area contributed by atoms with Gasteiger partial charge in [0.15, 0.2) is 0 Å². The summed E-state index contributed by atoms with van der Waals surface area (Å²) >= 11 is 6.01. The molecule has 0 aliphatic carbocycles. The van der Waals surface area contributed by atoms with Gasteiger partial charge in [0.1, 0.15) is 17.4 Å². The van der Waals surface area contributed by atoms with Gasteiger partial charge in [0.2, 0.25) is 16.0 Å². The summed E-state index contributed by atoms with van der Waals surface area (Å²) in [7, 11) is -2.19. The van der Waals surface area contributed by atoms with E-state index in [4.69, 9.17) is 16.3 Å². The normalized spacial score (nSPS) is 15.5. The monoisotopic (exact) mass is 463 g/mol. The maximum absolute atomic E-state index is 14.7. The molecule has 0 amide bonds. The first kappa shape index (κ1) is 21.3. The summed E-state index contributed by atoms with van der Waals surface area (Å²) in [5.74, 6) is 0.397. The van der Waals surface area contributed by atoms with Crippen LogP contribution >= 0.6 is 11.6 Å². The Morgan fingerprint density at radius 1 is 1.16 bits per heavy atom. The number of aromatic nitrogens is 2. The Balaban J connectivity index is 1.78. The molecule has 4 bridgehead atoms. The molecule has 0 fully saturated rings. The van der Waals surface area contributed by atoms with Crippen molar-refractivity contribution < 1.29 is 17.5 Å². The Hall–Kier alpha value is -2.95. The summed E-state index contributed by atoms with van der Waals surface area (Å²) in [5.41, 5.74) is 1.14. The summed E-state index contributed by atoms with van der Waals surface area (Å²) in [6.07, 6.45) is 1.97. The van der Waals surface area contributed by atoms with Crippen LogP contribution in [0.1, 0.15) is 6.42 Å². The van der Waals surface area contributed by atoms with Crippen molar-refractivity contribution in [3.8, 4) is 16.9 Å². The number of hydrogen-bond acceptors (Lipinski definition) is 7. The maximum Gasteiger partial charge on any atom is 0.240 e. The zero-order valence-electron chi connectivity index (χ0n) is 16.4. The molecule has 11 heteroatoms. The molecule has 162 valence electrons. The fraction of sp³-hybridized carbons (Fsp3) is 0.200. The van der Waals surface area contributed by atoms with Crippen molar-refractivity contribution in [3.63, 3.8) is 0 Å². The highest BCUT2D eigenvalue weighted by atomic mass is 35.5. The van der Waals surface area contributed by atoms with Crippen LogP contribution in [-0.2, 0) is 10.0 Å². The third kappa shape index (κ3) is 4.55. The van der Waals surface area contributed by atoms with E-state index in [2.05, 4.69) is 25.3 Å². The van der Waals surface area contributed by atoms with E-state index in [9.17, 15) is 12.8 Å². The molecule has 1 aliphatic rings. The molecule has 0 spiro atoms. The fourth-order valence-electron chi connectivity index (χ4n) is 3.12. The lowest BCUT2D eigenvalue weighted by atomic mass is 10.1. The number of halogens is 2. The Morgan fingerprint density at radius 2 is 2.00 bits per heavy atom. The van der Waals surface area contributed by atoms with Crippen LogP contribution in [0.4, 0.5) is 21.8 Å². The number of nitrogens with one attached hydrogen (secondary N) is 3. The van der Waals surface area contributed by atoms with E-state index < -0.39 is 15.8 Å². The number of anilines is 3. The van der Waals surface area contributed by atoms with Crippen molar-refractivity contribution >= 4 is 39.1 Å². The minimum Gasteiger partial charge on any atom is -0.495 e. The predicted molar refractivity (Wildman–Crippen MR) is 117 cm³/mol.